The van der Waals surface area contributed by atoms with Crippen LogP contribution in [0.1, 0.15) is 23.2 Å². The third-order valence-electron chi connectivity index (χ3n) is 3.64. The van der Waals surface area contributed by atoms with Crippen molar-refractivity contribution in [2.75, 3.05) is 19.0 Å². The molecule has 0 bridgehead atoms. The Labute approximate surface area is 154 Å². The molecule has 9 heteroatoms. The zero-order valence-corrected chi connectivity index (χ0v) is 14.5. The van der Waals surface area contributed by atoms with Crippen molar-refractivity contribution in [1.29, 1.82) is 0 Å². The predicted molar refractivity (Wildman–Crippen MR) is 96.2 cm³/mol. The summed E-state index contributed by atoms with van der Waals surface area (Å²) in [6.07, 6.45) is 0.463. The molecule has 0 radical (unpaired) electrons. The fraction of sp³-hybridized carbons (Fsp3) is 0.222. The van der Waals surface area contributed by atoms with Gasteiger partial charge in [-0.05, 0) is 42.8 Å². The topological polar surface area (TPSA) is 111 Å². The molecule has 2 amide bonds. The molecule has 2 aromatic carbocycles. The minimum absolute atomic E-state index is 0.0913. The number of rotatable bonds is 8. The first kappa shape index (κ1) is 19.8. The van der Waals surface area contributed by atoms with Crippen LogP contribution in [0.25, 0.3) is 0 Å². The van der Waals surface area contributed by atoms with Crippen LogP contribution >= 0.6 is 0 Å². The van der Waals surface area contributed by atoms with E-state index >= 15 is 0 Å². The molecule has 2 aromatic rings. The third-order valence-corrected chi connectivity index (χ3v) is 3.64. The van der Waals surface area contributed by atoms with Crippen LogP contribution in [0.3, 0.4) is 0 Å². The molecule has 142 valence electrons. The molecule has 0 saturated carbocycles. The van der Waals surface area contributed by atoms with E-state index in [1.54, 1.807) is 24.3 Å². The highest BCUT2D eigenvalue weighted by Crippen LogP contribution is 2.21. The van der Waals surface area contributed by atoms with Crippen LogP contribution in [0, 0.1) is 15.9 Å². The molecule has 0 fully saturated rings. The van der Waals surface area contributed by atoms with E-state index in [2.05, 4.69) is 10.6 Å². The van der Waals surface area contributed by atoms with Crippen LogP contribution in [-0.2, 0) is 4.79 Å². The van der Waals surface area contributed by atoms with Gasteiger partial charge in [0.05, 0.1) is 12.0 Å². The van der Waals surface area contributed by atoms with Gasteiger partial charge in [-0.2, -0.15) is 4.39 Å². The van der Waals surface area contributed by atoms with Crippen molar-refractivity contribution in [2.45, 2.75) is 12.8 Å². The molecule has 0 saturated heterocycles. The van der Waals surface area contributed by atoms with E-state index in [1.165, 1.54) is 13.2 Å². The average molecular weight is 375 g/mol. The largest absolute Gasteiger partial charge is 0.497 e. The Morgan fingerprint density at radius 3 is 2.52 bits per heavy atom. The number of nitrogens with zero attached hydrogens (tertiary/aromatic N) is 1. The summed E-state index contributed by atoms with van der Waals surface area (Å²) < 4.78 is 18.3. The summed E-state index contributed by atoms with van der Waals surface area (Å²) >= 11 is 0. The van der Waals surface area contributed by atoms with Gasteiger partial charge in [0.2, 0.25) is 11.7 Å². The molecule has 0 unspecified atom stereocenters. The van der Waals surface area contributed by atoms with Crippen LogP contribution in [0.15, 0.2) is 42.5 Å². The van der Waals surface area contributed by atoms with Gasteiger partial charge in [0, 0.05) is 30.3 Å². The number of nitro benzene ring substituents is 1. The Morgan fingerprint density at radius 1 is 1.19 bits per heavy atom. The van der Waals surface area contributed by atoms with E-state index in [0.29, 0.717) is 17.7 Å². The molecule has 0 aromatic heterocycles. The number of halogens is 1. The van der Waals surface area contributed by atoms with Crippen molar-refractivity contribution in [3.63, 3.8) is 0 Å². The second-order valence-corrected chi connectivity index (χ2v) is 5.56. The lowest BCUT2D eigenvalue weighted by molar-refractivity contribution is -0.387. The van der Waals surface area contributed by atoms with E-state index in [1.807, 2.05) is 0 Å². The van der Waals surface area contributed by atoms with Crippen molar-refractivity contribution in [3.8, 4) is 5.75 Å². The van der Waals surface area contributed by atoms with Gasteiger partial charge in [0.1, 0.15) is 5.75 Å². The van der Waals surface area contributed by atoms with E-state index in [-0.39, 0.29) is 24.6 Å². The maximum atomic E-state index is 13.3. The molecule has 0 atom stereocenters. The summed E-state index contributed by atoms with van der Waals surface area (Å²) in [5.41, 5.74) is -0.103. The second-order valence-electron chi connectivity index (χ2n) is 5.56. The van der Waals surface area contributed by atoms with Crippen LogP contribution < -0.4 is 15.4 Å². The van der Waals surface area contributed by atoms with Crippen molar-refractivity contribution >= 4 is 23.2 Å². The number of ether oxygens (including phenoxy) is 1. The van der Waals surface area contributed by atoms with Crippen molar-refractivity contribution in [2.24, 2.45) is 0 Å². The minimum atomic E-state index is -0.973. The predicted octanol–water partition coefficient (Wildman–Crippen LogP) is 2.89. The number of methoxy groups -OCH3 is 1. The van der Waals surface area contributed by atoms with Gasteiger partial charge < -0.3 is 15.4 Å². The summed E-state index contributed by atoms with van der Waals surface area (Å²) in [6, 6.07) is 9.71. The number of hydrogen-bond acceptors (Lipinski definition) is 5. The molecular formula is C18H18FN3O5. The number of nitrogens with one attached hydrogen (secondary N) is 2. The molecule has 0 aliphatic carbocycles. The van der Waals surface area contributed by atoms with E-state index in [4.69, 9.17) is 4.74 Å². The molecule has 8 nitrogen and oxygen atoms in total. The number of carbonyl (C=O) groups is 2. The molecule has 0 heterocycles. The fourth-order valence-electron chi connectivity index (χ4n) is 2.25. The number of amides is 2. The third kappa shape index (κ3) is 5.77. The van der Waals surface area contributed by atoms with E-state index in [9.17, 15) is 24.1 Å². The smallest absolute Gasteiger partial charge is 0.306 e. The first-order valence-electron chi connectivity index (χ1n) is 8.06. The first-order chi connectivity index (χ1) is 12.9. The Balaban J connectivity index is 1.76. The molecule has 0 spiro atoms. The highest BCUT2D eigenvalue weighted by atomic mass is 19.1. The molecule has 0 aliphatic heterocycles. The summed E-state index contributed by atoms with van der Waals surface area (Å²) in [4.78, 5) is 33.7. The maximum absolute atomic E-state index is 13.3. The summed E-state index contributed by atoms with van der Waals surface area (Å²) in [6.45, 7) is 0.280. The molecular weight excluding hydrogens is 357 g/mol. The van der Waals surface area contributed by atoms with Gasteiger partial charge >= 0.3 is 5.69 Å². The average Bonchev–Trinajstić information content (AvgIpc) is 2.66. The standard InChI is InChI=1S/C18H18FN3O5/c1-27-14-7-4-12(5-8-14)18(24)20-10-2-3-17(23)21-13-6-9-15(19)16(11-13)22(25)26/h4-9,11H,2-3,10H2,1H3,(H,20,24)(H,21,23). The molecule has 2 rings (SSSR count). The zero-order valence-electron chi connectivity index (χ0n) is 14.5. The quantitative estimate of drug-likeness (QED) is 0.419. The lowest BCUT2D eigenvalue weighted by Gasteiger charge is -2.07. The van der Waals surface area contributed by atoms with Gasteiger partial charge in [0.25, 0.3) is 5.91 Å². The Bertz CT molecular complexity index is 839. The number of nitro groups is 1. The highest BCUT2D eigenvalue weighted by Gasteiger charge is 2.15. The first-order valence-corrected chi connectivity index (χ1v) is 8.06. The van der Waals surface area contributed by atoms with Gasteiger partial charge in [-0.15, -0.1) is 0 Å². The van der Waals surface area contributed by atoms with Gasteiger partial charge in [0.15, 0.2) is 0 Å². The van der Waals surface area contributed by atoms with Crippen LogP contribution in [0.4, 0.5) is 15.8 Å². The SMILES string of the molecule is COc1ccc(C(=O)NCCCC(=O)Nc2ccc(F)c([N+](=O)[O-])c2)cc1. The van der Waals surface area contributed by atoms with Crippen molar-refractivity contribution in [1.82, 2.24) is 5.32 Å². The lowest BCUT2D eigenvalue weighted by atomic mass is 10.2. The van der Waals surface area contributed by atoms with Crippen molar-refractivity contribution < 1.29 is 23.6 Å². The Kier molecular flexibility index (Phi) is 6.81. The van der Waals surface area contributed by atoms with Gasteiger partial charge in [-0.3, -0.25) is 19.7 Å². The van der Waals surface area contributed by atoms with Crippen LogP contribution in [0.5, 0.6) is 5.75 Å². The van der Waals surface area contributed by atoms with Gasteiger partial charge in [-0.1, -0.05) is 0 Å². The van der Waals surface area contributed by atoms with Crippen molar-refractivity contribution in [3.05, 3.63) is 64.0 Å². The Hall–Kier alpha value is -3.49. The second kappa shape index (κ2) is 9.27. The van der Waals surface area contributed by atoms with E-state index in [0.717, 1.165) is 12.1 Å². The summed E-state index contributed by atoms with van der Waals surface area (Å²) in [5.74, 6) is -0.995. The molecule has 2 N–H and O–H groups in total. The zero-order chi connectivity index (χ0) is 19.8. The normalized spacial score (nSPS) is 10.1. The summed E-state index contributed by atoms with van der Waals surface area (Å²) in [5, 5.41) is 15.8. The van der Waals surface area contributed by atoms with E-state index < -0.39 is 22.3 Å². The number of hydrogen-bond donors (Lipinski definition) is 2. The number of anilines is 1. The fourth-order valence-corrected chi connectivity index (χ4v) is 2.25. The lowest BCUT2D eigenvalue weighted by Crippen LogP contribution is -2.25. The maximum Gasteiger partial charge on any atom is 0.306 e. The molecule has 27 heavy (non-hydrogen) atoms. The number of carbonyl (C=O) groups excluding carboxylic acids is 2. The Morgan fingerprint density at radius 2 is 1.89 bits per heavy atom. The van der Waals surface area contributed by atoms with Crippen LogP contribution in [0.2, 0.25) is 0 Å². The molecule has 0 aliphatic rings. The monoisotopic (exact) mass is 375 g/mol. The van der Waals surface area contributed by atoms with Gasteiger partial charge in [-0.25, -0.2) is 0 Å². The highest BCUT2D eigenvalue weighted by molar-refractivity contribution is 5.94. The summed E-state index contributed by atoms with van der Waals surface area (Å²) in [7, 11) is 1.53. The number of benzene rings is 2. The minimum Gasteiger partial charge on any atom is -0.497 e. The van der Waals surface area contributed by atoms with Crippen LogP contribution in [-0.4, -0.2) is 30.4 Å².